The molecule has 7 heteroatoms. The van der Waals surface area contributed by atoms with Gasteiger partial charge in [0.1, 0.15) is 0 Å². The third kappa shape index (κ3) is 3.41. The number of sulfonamides is 1. The molecule has 1 unspecified atom stereocenters. The molecule has 1 saturated heterocycles. The normalized spacial score (nSPS) is 22.3. The monoisotopic (exact) mass is 312 g/mol. The van der Waals surface area contributed by atoms with Crippen LogP contribution in [0, 0.1) is 22.5 Å². The van der Waals surface area contributed by atoms with Gasteiger partial charge in [-0.15, -0.1) is 0 Å². The summed E-state index contributed by atoms with van der Waals surface area (Å²) in [7, 11) is -3.69. The van der Waals surface area contributed by atoms with Crippen molar-refractivity contribution in [1.82, 2.24) is 4.31 Å². The van der Waals surface area contributed by atoms with Crippen LogP contribution in [0.1, 0.15) is 25.8 Å². The summed E-state index contributed by atoms with van der Waals surface area (Å²) in [6.07, 6.45) is 0.499. The van der Waals surface area contributed by atoms with Crippen LogP contribution in [-0.4, -0.2) is 36.8 Å². The standard InChI is InChI=1S/C14H20N2O4S/c1-11-4-6-13(7-5-11)21(19,20)15-10-14(2,3)8-12(15)9-16(17)18/h4-7,12H,8-10H2,1-3H3. The highest BCUT2D eigenvalue weighted by Gasteiger charge is 2.46. The van der Waals surface area contributed by atoms with Crippen molar-refractivity contribution in [3.63, 3.8) is 0 Å². The molecule has 1 aromatic carbocycles. The highest BCUT2D eigenvalue weighted by Crippen LogP contribution is 2.37. The average Bonchev–Trinajstić information content (AvgIpc) is 2.64. The highest BCUT2D eigenvalue weighted by atomic mass is 32.2. The minimum atomic E-state index is -3.69. The van der Waals surface area contributed by atoms with E-state index >= 15 is 0 Å². The van der Waals surface area contributed by atoms with E-state index in [9.17, 15) is 18.5 Å². The molecule has 0 amide bonds. The molecule has 0 aliphatic carbocycles. The number of rotatable bonds is 4. The summed E-state index contributed by atoms with van der Waals surface area (Å²) < 4.78 is 26.7. The van der Waals surface area contributed by atoms with Crippen LogP contribution in [0.15, 0.2) is 29.2 Å². The van der Waals surface area contributed by atoms with E-state index in [-0.39, 0.29) is 16.9 Å². The van der Waals surface area contributed by atoms with Crippen LogP contribution in [0.2, 0.25) is 0 Å². The number of benzene rings is 1. The first-order valence-electron chi connectivity index (χ1n) is 6.82. The fraction of sp³-hybridized carbons (Fsp3) is 0.571. The predicted molar refractivity (Wildman–Crippen MR) is 79.1 cm³/mol. The molecule has 1 aliphatic heterocycles. The molecule has 1 aliphatic rings. The first-order chi connectivity index (χ1) is 9.62. The molecule has 6 nitrogen and oxygen atoms in total. The van der Waals surface area contributed by atoms with E-state index in [0.717, 1.165) is 5.56 Å². The lowest BCUT2D eigenvalue weighted by Crippen LogP contribution is -2.39. The lowest BCUT2D eigenvalue weighted by atomic mass is 9.91. The van der Waals surface area contributed by atoms with Gasteiger partial charge >= 0.3 is 0 Å². The molecule has 0 bridgehead atoms. The molecule has 21 heavy (non-hydrogen) atoms. The van der Waals surface area contributed by atoms with Gasteiger partial charge < -0.3 is 0 Å². The van der Waals surface area contributed by atoms with Crippen molar-refractivity contribution in [1.29, 1.82) is 0 Å². The van der Waals surface area contributed by atoms with E-state index in [4.69, 9.17) is 0 Å². The Morgan fingerprint density at radius 2 is 1.90 bits per heavy atom. The van der Waals surface area contributed by atoms with E-state index in [1.807, 2.05) is 20.8 Å². The van der Waals surface area contributed by atoms with Crippen molar-refractivity contribution < 1.29 is 13.3 Å². The lowest BCUT2D eigenvalue weighted by Gasteiger charge is -2.22. The molecule has 1 fully saturated rings. The van der Waals surface area contributed by atoms with E-state index in [0.29, 0.717) is 13.0 Å². The Hall–Kier alpha value is -1.47. The van der Waals surface area contributed by atoms with Crippen molar-refractivity contribution in [3.8, 4) is 0 Å². The van der Waals surface area contributed by atoms with Crippen molar-refractivity contribution in [3.05, 3.63) is 39.9 Å². The molecule has 1 heterocycles. The third-order valence-corrected chi connectivity index (χ3v) is 5.68. The Kier molecular flexibility index (Phi) is 4.08. The van der Waals surface area contributed by atoms with Crippen molar-refractivity contribution in [2.45, 2.75) is 38.1 Å². The van der Waals surface area contributed by atoms with Gasteiger partial charge in [0.15, 0.2) is 0 Å². The Balaban J connectivity index is 2.36. The molecular formula is C14H20N2O4S. The fourth-order valence-corrected chi connectivity index (χ4v) is 4.61. The van der Waals surface area contributed by atoms with Crippen LogP contribution in [0.5, 0.6) is 0 Å². The molecule has 0 saturated carbocycles. The fourth-order valence-electron chi connectivity index (χ4n) is 2.81. The lowest BCUT2D eigenvalue weighted by molar-refractivity contribution is -0.485. The molecular weight excluding hydrogens is 292 g/mol. The second kappa shape index (κ2) is 5.38. The van der Waals surface area contributed by atoms with Gasteiger partial charge in [0.2, 0.25) is 16.6 Å². The molecule has 0 aromatic heterocycles. The second-order valence-corrected chi connectivity index (χ2v) is 8.29. The van der Waals surface area contributed by atoms with Gasteiger partial charge in [-0.1, -0.05) is 31.5 Å². The predicted octanol–water partition coefficient (Wildman–Crippen LogP) is 2.06. The van der Waals surface area contributed by atoms with Crippen LogP contribution in [0.4, 0.5) is 0 Å². The highest BCUT2D eigenvalue weighted by molar-refractivity contribution is 7.89. The van der Waals surface area contributed by atoms with Crippen molar-refractivity contribution in [2.24, 2.45) is 5.41 Å². The Morgan fingerprint density at radius 1 is 1.33 bits per heavy atom. The van der Waals surface area contributed by atoms with Crippen LogP contribution in [0.3, 0.4) is 0 Å². The molecule has 1 atom stereocenters. The van der Waals surface area contributed by atoms with E-state index < -0.39 is 21.0 Å². The zero-order chi connectivity index (χ0) is 15.8. The maximum Gasteiger partial charge on any atom is 0.243 e. The number of nitro groups is 1. The Morgan fingerprint density at radius 3 is 2.43 bits per heavy atom. The van der Waals surface area contributed by atoms with Gasteiger partial charge in [0, 0.05) is 11.5 Å². The topological polar surface area (TPSA) is 80.5 Å². The third-order valence-electron chi connectivity index (χ3n) is 3.77. The second-order valence-electron chi connectivity index (χ2n) is 6.40. The number of hydrogen-bond acceptors (Lipinski definition) is 4. The molecule has 116 valence electrons. The first kappa shape index (κ1) is 15.9. The van der Waals surface area contributed by atoms with Crippen LogP contribution in [0.25, 0.3) is 0 Å². The largest absolute Gasteiger partial charge is 0.264 e. The summed E-state index contributed by atoms with van der Waals surface area (Å²) in [5.74, 6) is 0. The first-order valence-corrected chi connectivity index (χ1v) is 8.26. The smallest absolute Gasteiger partial charge is 0.243 e. The molecule has 0 N–H and O–H groups in total. The van der Waals surface area contributed by atoms with E-state index in [1.165, 1.54) is 4.31 Å². The van der Waals surface area contributed by atoms with Gasteiger partial charge in [-0.05, 0) is 30.9 Å². The molecule has 0 spiro atoms. The van der Waals surface area contributed by atoms with E-state index in [2.05, 4.69) is 0 Å². The number of hydrogen-bond donors (Lipinski definition) is 0. The van der Waals surface area contributed by atoms with Gasteiger partial charge in [0.25, 0.3) is 0 Å². The van der Waals surface area contributed by atoms with Crippen LogP contribution in [-0.2, 0) is 10.0 Å². The summed E-state index contributed by atoms with van der Waals surface area (Å²) in [6, 6.07) is 5.99. The minimum absolute atomic E-state index is 0.194. The van der Waals surface area contributed by atoms with Gasteiger partial charge in [-0.25, -0.2) is 8.42 Å². The van der Waals surface area contributed by atoms with Gasteiger partial charge in [-0.3, -0.25) is 10.1 Å². The molecule has 2 rings (SSSR count). The minimum Gasteiger partial charge on any atom is -0.264 e. The van der Waals surface area contributed by atoms with Crippen molar-refractivity contribution >= 4 is 10.0 Å². The molecule has 1 aromatic rings. The zero-order valence-corrected chi connectivity index (χ0v) is 13.3. The Bertz CT molecular complexity index is 637. The van der Waals surface area contributed by atoms with Crippen molar-refractivity contribution in [2.75, 3.05) is 13.1 Å². The summed E-state index contributed by atoms with van der Waals surface area (Å²) >= 11 is 0. The summed E-state index contributed by atoms with van der Waals surface area (Å²) in [6.45, 7) is 5.70. The van der Waals surface area contributed by atoms with Gasteiger partial charge in [-0.2, -0.15) is 4.31 Å². The van der Waals surface area contributed by atoms with Gasteiger partial charge in [0.05, 0.1) is 10.9 Å². The summed E-state index contributed by atoms with van der Waals surface area (Å²) in [4.78, 5) is 10.6. The number of nitrogens with zero attached hydrogens (tertiary/aromatic N) is 2. The average molecular weight is 312 g/mol. The summed E-state index contributed by atoms with van der Waals surface area (Å²) in [5.41, 5.74) is 0.718. The number of aryl methyl sites for hydroxylation is 1. The molecule has 0 radical (unpaired) electrons. The van der Waals surface area contributed by atoms with Crippen LogP contribution < -0.4 is 0 Å². The maximum atomic E-state index is 12.7. The quantitative estimate of drug-likeness (QED) is 0.629. The Labute approximate surface area is 125 Å². The van der Waals surface area contributed by atoms with Crippen LogP contribution >= 0.6 is 0 Å². The van der Waals surface area contributed by atoms with E-state index in [1.54, 1.807) is 24.3 Å². The zero-order valence-electron chi connectivity index (χ0n) is 12.4. The maximum absolute atomic E-state index is 12.7. The summed E-state index contributed by atoms with van der Waals surface area (Å²) in [5, 5.41) is 10.8. The SMILES string of the molecule is Cc1ccc(S(=O)(=O)N2CC(C)(C)CC2C[N+](=O)[O-])cc1.